The van der Waals surface area contributed by atoms with Crippen LogP contribution in [0.15, 0.2) is 48.5 Å². The minimum absolute atomic E-state index is 0.00621. The van der Waals surface area contributed by atoms with Crippen LogP contribution in [0.25, 0.3) is 0 Å². The summed E-state index contributed by atoms with van der Waals surface area (Å²) in [6, 6.07) is 13.6. The Morgan fingerprint density at radius 1 is 1.04 bits per heavy atom. The van der Waals surface area contributed by atoms with E-state index >= 15 is 0 Å². The molecule has 0 saturated carbocycles. The summed E-state index contributed by atoms with van der Waals surface area (Å²) in [6.07, 6.45) is 1.71. The molecular formula is C22H24ClFN2O2. The van der Waals surface area contributed by atoms with Crippen molar-refractivity contribution in [3.8, 4) is 5.75 Å². The Morgan fingerprint density at radius 3 is 2.39 bits per heavy atom. The molecular weight excluding hydrogens is 379 g/mol. The second-order valence-corrected chi connectivity index (χ2v) is 7.95. The fourth-order valence-electron chi connectivity index (χ4n) is 4.16. The van der Waals surface area contributed by atoms with Crippen LogP contribution in [0.3, 0.4) is 0 Å². The molecule has 28 heavy (non-hydrogen) atoms. The number of ketones is 1. The second-order valence-electron chi connectivity index (χ2n) is 7.52. The molecule has 2 aliphatic heterocycles. The molecule has 0 spiro atoms. The van der Waals surface area contributed by atoms with Gasteiger partial charge in [0.15, 0.2) is 5.78 Å². The number of carbonyl (C=O) groups excluding carboxylic acids is 1. The molecule has 2 fully saturated rings. The van der Waals surface area contributed by atoms with Crippen molar-refractivity contribution in [2.45, 2.75) is 25.0 Å². The minimum atomic E-state index is -0.313. The van der Waals surface area contributed by atoms with Crippen LogP contribution in [0.4, 0.5) is 4.39 Å². The summed E-state index contributed by atoms with van der Waals surface area (Å²) >= 11 is 5.95. The maximum Gasteiger partial charge on any atom is 0.166 e. The van der Waals surface area contributed by atoms with Crippen LogP contribution in [-0.4, -0.2) is 49.0 Å². The number of ether oxygens (including phenoxy) is 1. The van der Waals surface area contributed by atoms with Gasteiger partial charge in [-0.3, -0.25) is 9.69 Å². The summed E-state index contributed by atoms with van der Waals surface area (Å²) in [5, 5.41) is 4.12. The molecule has 2 aromatic rings. The van der Waals surface area contributed by atoms with Crippen molar-refractivity contribution in [3.63, 3.8) is 0 Å². The van der Waals surface area contributed by atoms with E-state index in [4.69, 9.17) is 16.3 Å². The number of nitrogens with one attached hydrogen (secondary N) is 1. The molecule has 0 aromatic heterocycles. The van der Waals surface area contributed by atoms with Gasteiger partial charge in [-0.1, -0.05) is 11.6 Å². The molecule has 2 heterocycles. The number of carbonyl (C=O) groups is 1. The largest absolute Gasteiger partial charge is 0.487 e. The van der Waals surface area contributed by atoms with E-state index in [9.17, 15) is 9.18 Å². The number of hydrogen-bond donors (Lipinski definition) is 1. The van der Waals surface area contributed by atoms with Gasteiger partial charge in [0.25, 0.3) is 0 Å². The van der Waals surface area contributed by atoms with Gasteiger partial charge in [-0.25, -0.2) is 4.39 Å². The Labute approximate surface area is 169 Å². The van der Waals surface area contributed by atoms with E-state index in [0.29, 0.717) is 10.6 Å². The highest BCUT2D eigenvalue weighted by molar-refractivity contribution is 6.30. The first-order valence-corrected chi connectivity index (χ1v) is 10.1. The summed E-state index contributed by atoms with van der Waals surface area (Å²) in [4.78, 5) is 15.1. The van der Waals surface area contributed by atoms with E-state index in [-0.39, 0.29) is 29.7 Å². The highest BCUT2D eigenvalue weighted by atomic mass is 35.5. The Morgan fingerprint density at radius 2 is 1.71 bits per heavy atom. The lowest BCUT2D eigenvalue weighted by atomic mass is 9.88. The number of hydrogen-bond acceptors (Lipinski definition) is 4. The van der Waals surface area contributed by atoms with Gasteiger partial charge in [0, 0.05) is 29.6 Å². The molecule has 2 atom stereocenters. The fourth-order valence-corrected chi connectivity index (χ4v) is 4.28. The van der Waals surface area contributed by atoms with Crippen LogP contribution in [0.2, 0.25) is 5.02 Å². The maximum atomic E-state index is 13.1. The van der Waals surface area contributed by atoms with Crippen LogP contribution in [0.5, 0.6) is 5.75 Å². The minimum Gasteiger partial charge on any atom is -0.487 e. The molecule has 0 bridgehead atoms. The molecule has 0 amide bonds. The van der Waals surface area contributed by atoms with Crippen LogP contribution >= 0.6 is 11.6 Å². The summed E-state index contributed by atoms with van der Waals surface area (Å²) in [5.74, 6) is 0.640. The molecule has 4 rings (SSSR count). The maximum absolute atomic E-state index is 13.1. The first-order chi connectivity index (χ1) is 13.6. The third-order valence-electron chi connectivity index (χ3n) is 5.73. The lowest BCUT2D eigenvalue weighted by Crippen LogP contribution is -2.49. The normalized spacial score (nSPS) is 23.6. The molecule has 0 radical (unpaired) electrons. The van der Waals surface area contributed by atoms with Gasteiger partial charge in [0.05, 0.1) is 6.04 Å². The van der Waals surface area contributed by atoms with Gasteiger partial charge in [-0.2, -0.15) is 0 Å². The highest BCUT2D eigenvalue weighted by Crippen LogP contribution is 2.26. The third kappa shape index (κ3) is 4.37. The second kappa shape index (κ2) is 8.60. The fraction of sp³-hybridized carbons (Fsp3) is 0.409. The van der Waals surface area contributed by atoms with Gasteiger partial charge >= 0.3 is 0 Å². The van der Waals surface area contributed by atoms with Gasteiger partial charge in [0.1, 0.15) is 17.7 Å². The first kappa shape index (κ1) is 19.4. The lowest BCUT2D eigenvalue weighted by molar-refractivity contribution is 0.0620. The Balaban J connectivity index is 1.34. The number of rotatable bonds is 5. The van der Waals surface area contributed by atoms with Crippen molar-refractivity contribution < 1.29 is 13.9 Å². The standard InChI is InChI=1S/C22H24ClFN2O2/c23-17-3-7-19(8-4-17)28-21-14-25-13-20(21)26-11-9-16(10-12-26)22(27)15-1-5-18(24)6-2-15/h1-8,16,20-21,25H,9-14H2/t20-,21?/m1/s1. The quantitative estimate of drug-likeness (QED) is 0.772. The van der Waals surface area contributed by atoms with Crippen LogP contribution in [-0.2, 0) is 0 Å². The van der Waals surface area contributed by atoms with E-state index in [1.807, 2.05) is 24.3 Å². The average molecular weight is 403 g/mol. The van der Waals surface area contributed by atoms with E-state index < -0.39 is 0 Å². The number of nitrogens with zero attached hydrogens (tertiary/aromatic N) is 1. The number of halogens is 2. The summed E-state index contributed by atoms with van der Waals surface area (Å²) < 4.78 is 19.3. The van der Waals surface area contributed by atoms with Gasteiger partial charge in [-0.15, -0.1) is 0 Å². The third-order valence-corrected chi connectivity index (χ3v) is 5.98. The van der Waals surface area contributed by atoms with E-state index in [1.54, 1.807) is 12.1 Å². The van der Waals surface area contributed by atoms with Gasteiger partial charge < -0.3 is 10.1 Å². The average Bonchev–Trinajstić information content (AvgIpc) is 3.18. The zero-order valence-corrected chi connectivity index (χ0v) is 16.4. The summed E-state index contributed by atoms with van der Waals surface area (Å²) in [6.45, 7) is 3.42. The van der Waals surface area contributed by atoms with Crippen molar-refractivity contribution in [2.24, 2.45) is 5.92 Å². The van der Waals surface area contributed by atoms with Crippen molar-refractivity contribution in [3.05, 3.63) is 64.9 Å². The monoisotopic (exact) mass is 402 g/mol. The molecule has 2 aliphatic rings. The van der Waals surface area contributed by atoms with Crippen LogP contribution in [0, 0.1) is 11.7 Å². The first-order valence-electron chi connectivity index (χ1n) is 9.77. The van der Waals surface area contributed by atoms with Crippen molar-refractivity contribution >= 4 is 17.4 Å². The predicted molar refractivity (Wildman–Crippen MR) is 108 cm³/mol. The Hall–Kier alpha value is -1.95. The van der Waals surface area contributed by atoms with Gasteiger partial charge in [0.2, 0.25) is 0 Å². The molecule has 6 heteroatoms. The van der Waals surface area contributed by atoms with E-state index in [0.717, 1.165) is 44.8 Å². The molecule has 2 aromatic carbocycles. The van der Waals surface area contributed by atoms with Crippen LogP contribution < -0.4 is 10.1 Å². The molecule has 148 valence electrons. The predicted octanol–water partition coefficient (Wildman–Crippen LogP) is 3.79. The van der Waals surface area contributed by atoms with Crippen molar-refractivity contribution in [2.75, 3.05) is 26.2 Å². The zero-order valence-electron chi connectivity index (χ0n) is 15.6. The SMILES string of the molecule is O=C(c1ccc(F)cc1)C1CCN([C@@H]2CNCC2Oc2ccc(Cl)cc2)CC1. The number of likely N-dealkylation sites (tertiary alicyclic amines) is 1. The highest BCUT2D eigenvalue weighted by Gasteiger charge is 2.36. The molecule has 1 N–H and O–H groups in total. The van der Waals surface area contributed by atoms with Crippen molar-refractivity contribution in [1.82, 2.24) is 10.2 Å². The topological polar surface area (TPSA) is 41.6 Å². The zero-order chi connectivity index (χ0) is 19.5. The molecule has 4 nitrogen and oxygen atoms in total. The van der Waals surface area contributed by atoms with Crippen LogP contribution in [0.1, 0.15) is 23.2 Å². The van der Waals surface area contributed by atoms with Gasteiger partial charge in [-0.05, 0) is 74.5 Å². The molecule has 1 unspecified atom stereocenters. The van der Waals surface area contributed by atoms with E-state index in [2.05, 4.69) is 10.2 Å². The summed E-state index contributed by atoms with van der Waals surface area (Å²) in [7, 11) is 0. The Bertz CT molecular complexity index is 804. The lowest BCUT2D eigenvalue weighted by Gasteiger charge is -2.37. The summed E-state index contributed by atoms with van der Waals surface area (Å²) in [5.41, 5.74) is 0.603. The number of benzene rings is 2. The smallest absolute Gasteiger partial charge is 0.166 e. The number of Topliss-reactive ketones (excluding diaryl/α,β-unsaturated/α-hetero) is 1. The molecule has 0 aliphatic carbocycles. The van der Waals surface area contributed by atoms with E-state index in [1.165, 1.54) is 12.1 Å². The number of piperidine rings is 1. The Kier molecular flexibility index (Phi) is 5.95. The van der Waals surface area contributed by atoms with Crippen molar-refractivity contribution in [1.29, 1.82) is 0 Å². The molecule has 2 saturated heterocycles.